The van der Waals surface area contributed by atoms with E-state index >= 15 is 0 Å². The van der Waals surface area contributed by atoms with Crippen LogP contribution in [-0.2, 0) is 38.4 Å². The Hall–Kier alpha value is -4.66. The highest BCUT2D eigenvalue weighted by atomic mass is 16.4. The summed E-state index contributed by atoms with van der Waals surface area (Å²) in [4.78, 5) is 101. The lowest BCUT2D eigenvalue weighted by molar-refractivity contribution is -0.138. The number of nitrogens with one attached hydrogen (secondary N) is 5. The molecule has 1 aliphatic heterocycles. The molecule has 0 aromatic rings. The number of carboxylic acids is 3. The van der Waals surface area contributed by atoms with Gasteiger partial charge in [-0.2, -0.15) is 0 Å². The van der Waals surface area contributed by atoms with Gasteiger partial charge in [-0.25, -0.2) is 0 Å². The van der Waals surface area contributed by atoms with E-state index in [2.05, 4.69) is 33.2 Å². The highest BCUT2D eigenvalue weighted by molar-refractivity contribution is 5.87. The van der Waals surface area contributed by atoms with Gasteiger partial charge in [0.1, 0.15) is 19.6 Å². The number of carbonyl (C=O) groups excluding carboxylic acids is 5. The van der Waals surface area contributed by atoms with Crippen LogP contribution in [0.3, 0.4) is 0 Å². The van der Waals surface area contributed by atoms with Crippen LogP contribution in [-0.4, -0.2) is 194 Å². The molecule has 0 aromatic carbocycles. The maximum atomic E-state index is 12.8. The first kappa shape index (κ1) is 41.4. The van der Waals surface area contributed by atoms with Crippen molar-refractivity contribution in [3.8, 4) is 0 Å². The summed E-state index contributed by atoms with van der Waals surface area (Å²) in [6.07, 6.45) is 1.62. The third kappa shape index (κ3) is 21.2. The Bertz CT molecular complexity index is 1090. The summed E-state index contributed by atoms with van der Waals surface area (Å²) in [5.41, 5.74) is 0. The molecule has 0 aromatic heterocycles. The van der Waals surface area contributed by atoms with Crippen LogP contribution in [0, 0.1) is 0 Å². The lowest BCUT2D eigenvalue weighted by Crippen LogP contribution is -2.51. The molecule has 20 heteroatoms. The Morgan fingerprint density at radius 2 is 0.750 bits per heavy atom. The van der Waals surface area contributed by atoms with E-state index < -0.39 is 55.3 Å². The fraction of sp³-hybridized carbons (Fsp3) is 0.643. The average Bonchev–Trinajstić information content (AvgIpc) is 3.02. The molecule has 270 valence electrons. The van der Waals surface area contributed by atoms with E-state index in [1.165, 1.54) is 0 Å². The predicted molar refractivity (Wildman–Crippen MR) is 169 cm³/mol. The Morgan fingerprint density at radius 3 is 1.02 bits per heavy atom. The number of amides is 5. The van der Waals surface area contributed by atoms with Gasteiger partial charge in [-0.05, 0) is 12.5 Å². The van der Waals surface area contributed by atoms with E-state index in [0.29, 0.717) is 19.5 Å². The van der Waals surface area contributed by atoms with Crippen molar-refractivity contribution >= 4 is 47.4 Å². The Balaban J connectivity index is 3.08. The van der Waals surface area contributed by atoms with E-state index in [4.69, 9.17) is 15.3 Å². The molecule has 0 unspecified atom stereocenters. The number of hydrogen-bond acceptors (Lipinski definition) is 12. The van der Waals surface area contributed by atoms with E-state index in [1.807, 2.05) is 4.90 Å². The summed E-state index contributed by atoms with van der Waals surface area (Å²) in [5, 5.41) is 39.1. The number of hydrogen-bond donors (Lipinski definition) is 8. The van der Waals surface area contributed by atoms with Crippen molar-refractivity contribution < 1.29 is 53.7 Å². The second-order valence-corrected chi connectivity index (χ2v) is 10.8. The van der Waals surface area contributed by atoms with E-state index in [0.717, 1.165) is 6.08 Å². The molecule has 1 rings (SSSR count). The normalized spacial score (nSPS) is 15.5. The molecule has 0 spiro atoms. The molecular formula is C28H47N9O11. The fourth-order valence-electron chi connectivity index (χ4n) is 4.37. The summed E-state index contributed by atoms with van der Waals surface area (Å²) in [6, 6.07) is 0. The van der Waals surface area contributed by atoms with Gasteiger partial charge in [0.05, 0.1) is 26.2 Å². The second kappa shape index (κ2) is 23.6. The molecule has 0 saturated carbocycles. The van der Waals surface area contributed by atoms with Crippen molar-refractivity contribution in [1.82, 2.24) is 46.2 Å². The number of carbonyl (C=O) groups is 8. The lowest BCUT2D eigenvalue weighted by Gasteiger charge is -2.33. The van der Waals surface area contributed by atoms with Crippen LogP contribution >= 0.6 is 0 Å². The summed E-state index contributed by atoms with van der Waals surface area (Å²) >= 11 is 0. The first-order chi connectivity index (χ1) is 22.8. The minimum Gasteiger partial charge on any atom is -0.480 e. The molecule has 1 aliphatic rings. The van der Waals surface area contributed by atoms with Crippen molar-refractivity contribution in [3.63, 3.8) is 0 Å². The van der Waals surface area contributed by atoms with Crippen molar-refractivity contribution in [2.75, 3.05) is 111 Å². The lowest BCUT2D eigenvalue weighted by atomic mass is 10.3. The predicted octanol–water partition coefficient (Wildman–Crippen LogP) is -5.38. The Morgan fingerprint density at radius 1 is 0.479 bits per heavy atom. The zero-order valence-electron chi connectivity index (χ0n) is 26.9. The SMILES string of the molecule is C=CC(=O)NCCCNC(=O)CN1CCN(CC(=O)NCC(=O)O)CCN(CC(=O)NCC(=O)O)CCN(CC(=O)NCC(=O)O)CC1. The number of aliphatic carboxylic acids is 3. The molecule has 0 radical (unpaired) electrons. The molecule has 1 saturated heterocycles. The van der Waals surface area contributed by atoms with Gasteiger partial charge in [0.25, 0.3) is 0 Å². The van der Waals surface area contributed by atoms with Crippen molar-refractivity contribution in [1.29, 1.82) is 0 Å². The summed E-state index contributed by atoms with van der Waals surface area (Å²) in [5.74, 6) is -5.90. The Kier molecular flexibility index (Phi) is 20.4. The van der Waals surface area contributed by atoms with Gasteiger partial charge in [0, 0.05) is 65.4 Å². The number of nitrogens with zero attached hydrogens (tertiary/aromatic N) is 4. The van der Waals surface area contributed by atoms with Gasteiger partial charge in [0.15, 0.2) is 0 Å². The van der Waals surface area contributed by atoms with Crippen LogP contribution in [0.4, 0.5) is 0 Å². The van der Waals surface area contributed by atoms with E-state index in [1.54, 1.807) is 14.7 Å². The minimum atomic E-state index is -1.22. The van der Waals surface area contributed by atoms with Gasteiger partial charge >= 0.3 is 17.9 Å². The van der Waals surface area contributed by atoms with E-state index in [-0.39, 0.29) is 90.4 Å². The molecule has 1 heterocycles. The largest absolute Gasteiger partial charge is 0.480 e. The highest BCUT2D eigenvalue weighted by Crippen LogP contribution is 2.02. The maximum absolute atomic E-state index is 12.8. The quantitative estimate of drug-likeness (QED) is 0.0466. The van der Waals surface area contributed by atoms with Crippen molar-refractivity contribution in [2.45, 2.75) is 6.42 Å². The van der Waals surface area contributed by atoms with Gasteiger partial charge < -0.3 is 41.9 Å². The first-order valence-electron chi connectivity index (χ1n) is 15.3. The van der Waals surface area contributed by atoms with Gasteiger partial charge in [-0.3, -0.25) is 58.0 Å². The first-order valence-corrected chi connectivity index (χ1v) is 15.3. The van der Waals surface area contributed by atoms with Gasteiger partial charge in [-0.1, -0.05) is 6.58 Å². The number of rotatable bonds is 19. The van der Waals surface area contributed by atoms with Crippen LogP contribution in [0.15, 0.2) is 12.7 Å². The molecular weight excluding hydrogens is 638 g/mol. The van der Waals surface area contributed by atoms with Crippen LogP contribution in [0.1, 0.15) is 6.42 Å². The van der Waals surface area contributed by atoms with Crippen molar-refractivity contribution in [2.24, 2.45) is 0 Å². The zero-order valence-corrected chi connectivity index (χ0v) is 26.9. The average molecular weight is 686 g/mol. The molecule has 20 nitrogen and oxygen atoms in total. The minimum absolute atomic E-state index is 0.0347. The van der Waals surface area contributed by atoms with E-state index in [9.17, 15) is 38.4 Å². The summed E-state index contributed by atoms with van der Waals surface area (Å²) in [6.45, 7) is 3.77. The maximum Gasteiger partial charge on any atom is 0.322 e. The third-order valence-corrected chi connectivity index (χ3v) is 6.87. The standard InChI is InChI=1S/C28H47N9O11/c1-2-21(38)29-4-3-5-30-22(39)17-34-6-8-35(18-23(40)31-14-26(43)44)10-12-37(20-25(42)33-16-28(47)48)13-11-36(9-7-34)19-24(41)32-15-27(45)46/h2H,1,3-20H2,(H,29,38)(H,30,39)(H,31,40)(H,32,41)(H,33,42)(H,43,44)(H,45,46)(H,47,48). The molecule has 8 N–H and O–H groups in total. The highest BCUT2D eigenvalue weighted by Gasteiger charge is 2.22. The molecule has 48 heavy (non-hydrogen) atoms. The fourth-order valence-corrected chi connectivity index (χ4v) is 4.37. The summed E-state index contributed by atoms with van der Waals surface area (Å²) < 4.78 is 0. The van der Waals surface area contributed by atoms with Crippen LogP contribution < -0.4 is 26.6 Å². The Labute approximate surface area is 277 Å². The molecule has 5 amide bonds. The topological polar surface area (TPSA) is 270 Å². The van der Waals surface area contributed by atoms with Crippen LogP contribution in [0.25, 0.3) is 0 Å². The van der Waals surface area contributed by atoms with Crippen molar-refractivity contribution in [3.05, 3.63) is 12.7 Å². The molecule has 0 aliphatic carbocycles. The summed E-state index contributed by atoms with van der Waals surface area (Å²) in [7, 11) is 0. The molecule has 1 fully saturated rings. The van der Waals surface area contributed by atoms with Crippen LogP contribution in [0.2, 0.25) is 0 Å². The third-order valence-electron chi connectivity index (χ3n) is 6.87. The molecule has 0 bridgehead atoms. The zero-order chi connectivity index (χ0) is 35.9. The van der Waals surface area contributed by atoms with Crippen LogP contribution in [0.5, 0.6) is 0 Å². The second-order valence-electron chi connectivity index (χ2n) is 10.8. The smallest absolute Gasteiger partial charge is 0.322 e. The van der Waals surface area contributed by atoms with Gasteiger partial charge in [0.2, 0.25) is 29.5 Å². The monoisotopic (exact) mass is 685 g/mol. The van der Waals surface area contributed by atoms with Gasteiger partial charge in [-0.15, -0.1) is 0 Å². The molecule has 0 atom stereocenters. The number of carboxylic acid groups (broad SMARTS) is 3.